The van der Waals surface area contributed by atoms with Crippen LogP contribution < -0.4 is 5.32 Å². The van der Waals surface area contributed by atoms with Gasteiger partial charge in [-0.1, -0.05) is 23.7 Å². The Labute approximate surface area is 173 Å². The van der Waals surface area contributed by atoms with E-state index in [1.165, 1.54) is 23.1 Å². The topological polar surface area (TPSA) is 62.6 Å². The minimum Gasteiger partial charge on any atom is -0.444 e. The van der Waals surface area contributed by atoms with Gasteiger partial charge in [0.1, 0.15) is 12.4 Å². The number of carbonyl (C=O) groups excluding carboxylic acids is 2. The summed E-state index contributed by atoms with van der Waals surface area (Å²) in [6.07, 6.45) is 0. The molecule has 142 valence electrons. The number of nitrogens with one attached hydrogen (secondary N) is 1. The highest BCUT2D eigenvalue weighted by atomic mass is 79.9. The van der Waals surface area contributed by atoms with Gasteiger partial charge in [-0.05, 0) is 64.0 Å². The lowest BCUT2D eigenvalue weighted by Crippen LogP contribution is -2.38. The average Bonchev–Trinajstić information content (AvgIpc) is 3.04. The molecule has 3 aromatic rings. The molecular formula is C20H13BrClFN2O3. The van der Waals surface area contributed by atoms with Crippen molar-refractivity contribution >= 4 is 45.0 Å². The van der Waals surface area contributed by atoms with Crippen molar-refractivity contribution in [2.24, 2.45) is 0 Å². The van der Waals surface area contributed by atoms with E-state index in [1.807, 2.05) is 0 Å². The number of halogens is 3. The Bertz CT molecular complexity index is 1070. The summed E-state index contributed by atoms with van der Waals surface area (Å²) in [5.41, 5.74) is 1.81. The molecule has 1 aromatic heterocycles. The van der Waals surface area contributed by atoms with Crippen LogP contribution in [0.4, 0.5) is 10.1 Å². The SMILES string of the molecule is O=C1CN(C(=O)c2ccc(Br)o2)[C@H](c2ccc(F)cc2)c2cc(Cl)ccc2N1. The first kappa shape index (κ1) is 18.7. The van der Waals surface area contributed by atoms with Gasteiger partial charge in [0.05, 0.1) is 6.04 Å². The molecule has 4 rings (SSSR count). The van der Waals surface area contributed by atoms with E-state index >= 15 is 0 Å². The summed E-state index contributed by atoms with van der Waals surface area (Å²) in [5.74, 6) is -1.14. The number of anilines is 1. The van der Waals surface area contributed by atoms with Crippen molar-refractivity contribution < 1.29 is 18.4 Å². The van der Waals surface area contributed by atoms with Gasteiger partial charge in [0.25, 0.3) is 5.91 Å². The van der Waals surface area contributed by atoms with Gasteiger partial charge < -0.3 is 14.6 Å². The van der Waals surface area contributed by atoms with Gasteiger partial charge in [0.15, 0.2) is 10.4 Å². The summed E-state index contributed by atoms with van der Waals surface area (Å²) in [6.45, 7) is -0.203. The number of benzene rings is 2. The van der Waals surface area contributed by atoms with Crippen molar-refractivity contribution in [1.82, 2.24) is 4.90 Å². The van der Waals surface area contributed by atoms with Crippen molar-refractivity contribution in [3.8, 4) is 0 Å². The Kier molecular flexibility index (Phi) is 4.95. The Morgan fingerprint density at radius 3 is 2.61 bits per heavy atom. The van der Waals surface area contributed by atoms with Crippen LogP contribution in [0.5, 0.6) is 0 Å². The van der Waals surface area contributed by atoms with Gasteiger partial charge in [-0.3, -0.25) is 9.59 Å². The molecular weight excluding hydrogens is 451 g/mol. The summed E-state index contributed by atoms with van der Waals surface area (Å²) < 4.78 is 19.3. The van der Waals surface area contributed by atoms with E-state index in [4.69, 9.17) is 16.0 Å². The minimum absolute atomic E-state index is 0.0808. The summed E-state index contributed by atoms with van der Waals surface area (Å²) in [4.78, 5) is 27.0. The molecule has 0 spiro atoms. The molecule has 0 unspecified atom stereocenters. The van der Waals surface area contributed by atoms with Gasteiger partial charge >= 0.3 is 0 Å². The quantitative estimate of drug-likeness (QED) is 0.580. The van der Waals surface area contributed by atoms with E-state index in [0.29, 0.717) is 26.5 Å². The van der Waals surface area contributed by atoms with Crippen LogP contribution in [0.1, 0.15) is 27.7 Å². The smallest absolute Gasteiger partial charge is 0.290 e. The second-order valence-corrected chi connectivity index (χ2v) is 7.49. The predicted octanol–water partition coefficient (Wildman–Crippen LogP) is 5.02. The van der Waals surface area contributed by atoms with Gasteiger partial charge in [-0.2, -0.15) is 0 Å². The number of fused-ring (bicyclic) bond motifs is 1. The van der Waals surface area contributed by atoms with E-state index in [1.54, 1.807) is 36.4 Å². The number of hydrogen-bond donors (Lipinski definition) is 1. The molecule has 1 aliphatic heterocycles. The maximum atomic E-state index is 13.5. The number of carbonyl (C=O) groups is 2. The van der Waals surface area contributed by atoms with Crippen LogP contribution in [0, 0.1) is 5.82 Å². The summed E-state index contributed by atoms with van der Waals surface area (Å²) in [7, 11) is 0. The lowest BCUT2D eigenvalue weighted by atomic mass is 9.95. The number of furan rings is 1. The molecule has 0 radical (unpaired) electrons. The lowest BCUT2D eigenvalue weighted by Gasteiger charge is -2.30. The van der Waals surface area contributed by atoms with Crippen LogP contribution in [0.15, 0.2) is 63.7 Å². The number of hydrogen-bond acceptors (Lipinski definition) is 3. The Balaban J connectivity index is 1.89. The summed E-state index contributed by atoms with van der Waals surface area (Å²) >= 11 is 9.37. The van der Waals surface area contributed by atoms with Crippen LogP contribution in [0.2, 0.25) is 5.02 Å². The molecule has 0 fully saturated rings. The second kappa shape index (κ2) is 7.41. The average molecular weight is 464 g/mol. The zero-order chi connectivity index (χ0) is 19.8. The highest BCUT2D eigenvalue weighted by Gasteiger charge is 2.35. The number of rotatable bonds is 2. The normalized spacial score (nSPS) is 16.3. The zero-order valence-corrected chi connectivity index (χ0v) is 16.6. The van der Waals surface area contributed by atoms with E-state index in [2.05, 4.69) is 21.2 Å². The zero-order valence-electron chi connectivity index (χ0n) is 14.3. The molecule has 1 atom stereocenters. The number of nitrogens with zero attached hydrogens (tertiary/aromatic N) is 1. The fraction of sp³-hybridized carbons (Fsp3) is 0.100. The van der Waals surface area contributed by atoms with Crippen molar-refractivity contribution in [2.45, 2.75) is 6.04 Å². The molecule has 5 nitrogen and oxygen atoms in total. The van der Waals surface area contributed by atoms with E-state index < -0.39 is 17.8 Å². The predicted molar refractivity (Wildman–Crippen MR) is 106 cm³/mol. The molecule has 0 saturated heterocycles. The molecule has 0 bridgehead atoms. The van der Waals surface area contributed by atoms with Crippen LogP contribution in [-0.2, 0) is 4.79 Å². The van der Waals surface area contributed by atoms with Crippen molar-refractivity contribution in [2.75, 3.05) is 11.9 Å². The minimum atomic E-state index is -0.662. The van der Waals surface area contributed by atoms with E-state index in [9.17, 15) is 14.0 Å². The molecule has 0 saturated carbocycles. The fourth-order valence-corrected chi connectivity index (χ4v) is 3.73. The third-order valence-corrected chi connectivity index (χ3v) is 5.10. The Morgan fingerprint density at radius 1 is 1.18 bits per heavy atom. The number of amides is 2. The fourth-order valence-electron chi connectivity index (χ4n) is 3.24. The van der Waals surface area contributed by atoms with Crippen molar-refractivity contribution in [3.63, 3.8) is 0 Å². The monoisotopic (exact) mass is 462 g/mol. The van der Waals surface area contributed by atoms with Gasteiger partial charge in [-0.25, -0.2) is 4.39 Å². The van der Waals surface area contributed by atoms with Crippen LogP contribution >= 0.6 is 27.5 Å². The maximum absolute atomic E-state index is 13.5. The standard InChI is InChI=1S/C20H13BrClFN2O3/c21-17-8-7-16(28-17)20(27)25-10-18(26)24-15-6-3-12(22)9-14(15)19(25)11-1-4-13(23)5-2-11/h1-9,19H,10H2,(H,24,26)/t19-/m1/s1. The van der Waals surface area contributed by atoms with Crippen LogP contribution in [-0.4, -0.2) is 23.3 Å². The van der Waals surface area contributed by atoms with Gasteiger partial charge in [-0.15, -0.1) is 0 Å². The molecule has 2 amide bonds. The van der Waals surface area contributed by atoms with E-state index in [0.717, 1.165) is 0 Å². The third kappa shape index (κ3) is 3.55. The molecule has 2 aromatic carbocycles. The van der Waals surface area contributed by atoms with E-state index in [-0.39, 0.29) is 18.2 Å². The highest BCUT2D eigenvalue weighted by Crippen LogP contribution is 2.38. The Hall–Kier alpha value is -2.64. The molecule has 8 heteroatoms. The molecule has 0 aliphatic carbocycles. The van der Waals surface area contributed by atoms with Crippen LogP contribution in [0.3, 0.4) is 0 Å². The first-order valence-electron chi connectivity index (χ1n) is 8.33. The second-order valence-electron chi connectivity index (χ2n) is 6.27. The van der Waals surface area contributed by atoms with Gasteiger partial charge in [0.2, 0.25) is 5.91 Å². The molecule has 1 N–H and O–H groups in total. The maximum Gasteiger partial charge on any atom is 0.290 e. The Morgan fingerprint density at radius 2 is 1.93 bits per heavy atom. The molecule has 2 heterocycles. The lowest BCUT2D eigenvalue weighted by molar-refractivity contribution is -0.117. The van der Waals surface area contributed by atoms with Crippen LogP contribution in [0.25, 0.3) is 0 Å². The molecule has 28 heavy (non-hydrogen) atoms. The summed E-state index contributed by atoms with van der Waals surface area (Å²) in [5, 5.41) is 3.25. The highest BCUT2D eigenvalue weighted by molar-refractivity contribution is 9.10. The molecule has 1 aliphatic rings. The third-order valence-electron chi connectivity index (χ3n) is 4.44. The van der Waals surface area contributed by atoms with Crippen molar-refractivity contribution in [3.05, 3.63) is 87.0 Å². The first-order chi connectivity index (χ1) is 13.4. The first-order valence-corrected chi connectivity index (χ1v) is 9.50. The largest absolute Gasteiger partial charge is 0.444 e. The van der Waals surface area contributed by atoms with Gasteiger partial charge in [0, 0.05) is 16.3 Å². The van der Waals surface area contributed by atoms with Crippen molar-refractivity contribution in [1.29, 1.82) is 0 Å². The summed E-state index contributed by atoms with van der Waals surface area (Å²) in [6, 6.07) is 13.3.